The molecule has 10 N–H and O–H groups in total. The molecule has 0 saturated heterocycles. The molecule has 6 rings (SSSR count). The van der Waals surface area contributed by atoms with Gasteiger partial charge in [-0.05, 0) is 133 Å². The number of ether oxygens (including phenoxy) is 2. The van der Waals surface area contributed by atoms with Crippen LogP contribution in [0.25, 0.3) is 0 Å². The van der Waals surface area contributed by atoms with Crippen molar-refractivity contribution in [3.8, 4) is 80.5 Å². The monoisotopic (exact) mass is 734 g/mol. The quantitative estimate of drug-likeness (QED) is 0.0552. The lowest BCUT2D eigenvalue weighted by atomic mass is 10.0. The second kappa shape index (κ2) is 15.7. The number of hydrogen-bond acceptors (Lipinski definition) is 12. The summed E-state index contributed by atoms with van der Waals surface area (Å²) >= 11 is 0. The highest BCUT2D eigenvalue weighted by Crippen LogP contribution is 2.46. The van der Waals surface area contributed by atoms with Crippen LogP contribution in [0.1, 0.15) is 33.4 Å². The molecule has 0 amide bonds. The molecule has 0 unspecified atom stereocenters. The van der Waals surface area contributed by atoms with Gasteiger partial charge in [0.25, 0.3) is 0 Å². The molecule has 12 heteroatoms. The van der Waals surface area contributed by atoms with Crippen molar-refractivity contribution < 1.29 is 60.5 Å². The van der Waals surface area contributed by atoms with Crippen LogP contribution in [0.3, 0.4) is 0 Å². The highest BCUT2D eigenvalue weighted by molar-refractivity contribution is 5.59. The van der Waals surface area contributed by atoms with Crippen LogP contribution in [-0.4, -0.2) is 51.1 Å². The van der Waals surface area contributed by atoms with E-state index in [1.807, 2.05) is 12.1 Å². The van der Waals surface area contributed by atoms with E-state index < -0.39 is 34.5 Å². The van der Waals surface area contributed by atoms with Gasteiger partial charge in [0.15, 0.2) is 46.0 Å². The molecular formula is C42H38O12. The van der Waals surface area contributed by atoms with Gasteiger partial charge in [0.05, 0.1) is 0 Å². The van der Waals surface area contributed by atoms with E-state index in [-0.39, 0.29) is 58.8 Å². The first-order valence-electron chi connectivity index (χ1n) is 16.9. The van der Waals surface area contributed by atoms with Crippen molar-refractivity contribution >= 4 is 0 Å². The summed E-state index contributed by atoms with van der Waals surface area (Å²) in [6, 6.07) is 23.8. The average Bonchev–Trinajstić information content (AvgIpc) is 3.11. The first kappa shape index (κ1) is 36.7. The van der Waals surface area contributed by atoms with E-state index in [0.717, 1.165) is 23.3 Å². The molecule has 6 aromatic carbocycles. The van der Waals surface area contributed by atoms with Gasteiger partial charge in [-0.2, -0.15) is 0 Å². The molecule has 54 heavy (non-hydrogen) atoms. The summed E-state index contributed by atoms with van der Waals surface area (Å²) in [6.45, 7) is 0. The molecule has 0 bridgehead atoms. The average molecular weight is 735 g/mol. The summed E-state index contributed by atoms with van der Waals surface area (Å²) in [5.41, 5.74) is 3.46. The van der Waals surface area contributed by atoms with Gasteiger partial charge in [0, 0.05) is 12.1 Å². The standard InChI is InChI=1S/C42H38O12/c43-29-5-1-3-23(13-29)9-11-27-19-39(33(47)21-31(27)45)53-41-35(49)15-25(16-36(41)50)7-8-26-17-37(51)42(38(52)18-26)54-40-20-28(32(46)22-34(40)48)12-10-24-4-2-6-30(44)14-24/h1-6,13-22,43-52H,7-12H2. The Hall–Kier alpha value is -7.08. The number of aryl methyl sites for hydroxylation is 6. The predicted molar refractivity (Wildman–Crippen MR) is 198 cm³/mol. The van der Waals surface area contributed by atoms with Crippen LogP contribution >= 0.6 is 0 Å². The van der Waals surface area contributed by atoms with Crippen LogP contribution in [0.5, 0.6) is 80.5 Å². The van der Waals surface area contributed by atoms with Crippen LogP contribution in [0.2, 0.25) is 0 Å². The Morgan fingerprint density at radius 3 is 1.02 bits per heavy atom. The molecule has 0 heterocycles. The minimum Gasteiger partial charge on any atom is -0.508 e. The van der Waals surface area contributed by atoms with Crippen molar-refractivity contribution in [2.24, 2.45) is 0 Å². The SMILES string of the molecule is Oc1cccc(CCc2cc(Oc3c(O)cc(CCc4cc(O)c(Oc5cc(CCc6cccc(O)c6)c(O)cc5O)c(O)c4)cc3O)c(O)cc2O)c1. The molecule has 0 aliphatic heterocycles. The summed E-state index contributed by atoms with van der Waals surface area (Å²) in [7, 11) is 0. The zero-order valence-electron chi connectivity index (χ0n) is 28.8. The largest absolute Gasteiger partial charge is 0.508 e. The number of aromatic hydroxyl groups is 10. The smallest absolute Gasteiger partial charge is 0.210 e. The topological polar surface area (TPSA) is 221 Å². The Balaban J connectivity index is 1.11. The zero-order chi connectivity index (χ0) is 38.5. The second-order valence-electron chi connectivity index (χ2n) is 12.9. The lowest BCUT2D eigenvalue weighted by Crippen LogP contribution is -1.96. The molecular weight excluding hydrogens is 696 g/mol. The van der Waals surface area contributed by atoms with Crippen LogP contribution in [0.4, 0.5) is 0 Å². The minimum absolute atomic E-state index is 0.113. The molecule has 12 nitrogen and oxygen atoms in total. The van der Waals surface area contributed by atoms with Crippen molar-refractivity contribution in [2.75, 3.05) is 0 Å². The number of phenols is 10. The van der Waals surface area contributed by atoms with Gasteiger partial charge in [-0.15, -0.1) is 0 Å². The van der Waals surface area contributed by atoms with Gasteiger partial charge in [-0.1, -0.05) is 24.3 Å². The third kappa shape index (κ3) is 8.68. The molecule has 0 fully saturated rings. The van der Waals surface area contributed by atoms with Crippen LogP contribution in [0, 0.1) is 0 Å². The molecule has 278 valence electrons. The number of phenolic OH excluding ortho intramolecular Hbond substituents is 10. The fourth-order valence-corrected chi connectivity index (χ4v) is 6.06. The van der Waals surface area contributed by atoms with Gasteiger partial charge in [-0.25, -0.2) is 0 Å². The molecule has 6 aromatic rings. The second-order valence-corrected chi connectivity index (χ2v) is 12.9. The molecule has 0 saturated carbocycles. The summed E-state index contributed by atoms with van der Waals surface area (Å²) in [4.78, 5) is 0. The fraction of sp³-hybridized carbons (Fsp3) is 0.143. The maximum absolute atomic E-state index is 10.8. The first-order valence-corrected chi connectivity index (χ1v) is 16.9. The molecule has 0 spiro atoms. The highest BCUT2D eigenvalue weighted by Gasteiger charge is 2.19. The highest BCUT2D eigenvalue weighted by atomic mass is 16.5. The van der Waals surface area contributed by atoms with Crippen molar-refractivity contribution in [3.05, 3.63) is 130 Å². The van der Waals surface area contributed by atoms with Crippen LogP contribution < -0.4 is 9.47 Å². The van der Waals surface area contributed by atoms with E-state index in [9.17, 15) is 51.1 Å². The number of rotatable bonds is 13. The summed E-state index contributed by atoms with van der Waals surface area (Å²) < 4.78 is 11.4. The van der Waals surface area contributed by atoms with E-state index in [1.54, 1.807) is 36.4 Å². The zero-order valence-corrected chi connectivity index (χ0v) is 28.8. The van der Waals surface area contributed by atoms with Gasteiger partial charge in [0.1, 0.15) is 23.0 Å². The maximum Gasteiger partial charge on any atom is 0.210 e. The molecule has 0 aliphatic rings. The van der Waals surface area contributed by atoms with E-state index in [4.69, 9.17) is 9.47 Å². The van der Waals surface area contributed by atoms with Gasteiger partial charge in [0.2, 0.25) is 11.5 Å². The maximum atomic E-state index is 10.8. The van der Waals surface area contributed by atoms with Crippen molar-refractivity contribution in [1.82, 2.24) is 0 Å². The third-order valence-electron chi connectivity index (χ3n) is 8.85. The van der Waals surface area contributed by atoms with Crippen molar-refractivity contribution in [3.63, 3.8) is 0 Å². The Morgan fingerprint density at radius 2 is 0.667 bits per heavy atom. The number of benzene rings is 6. The first-order chi connectivity index (χ1) is 25.8. The van der Waals surface area contributed by atoms with E-state index >= 15 is 0 Å². The molecule has 0 aliphatic carbocycles. The normalized spacial score (nSPS) is 11.0. The Bertz CT molecular complexity index is 2110. The summed E-state index contributed by atoms with van der Waals surface area (Å²) in [6.07, 6.45) is 2.09. The Morgan fingerprint density at radius 1 is 0.315 bits per heavy atom. The number of hydrogen-bond donors (Lipinski definition) is 10. The van der Waals surface area contributed by atoms with E-state index in [1.165, 1.54) is 36.4 Å². The van der Waals surface area contributed by atoms with E-state index in [0.29, 0.717) is 47.9 Å². The summed E-state index contributed by atoms with van der Waals surface area (Å²) in [5.74, 6) is -3.56. The van der Waals surface area contributed by atoms with Crippen molar-refractivity contribution in [1.29, 1.82) is 0 Å². The van der Waals surface area contributed by atoms with Gasteiger partial charge < -0.3 is 60.5 Å². The van der Waals surface area contributed by atoms with Crippen LogP contribution in [-0.2, 0) is 38.5 Å². The molecule has 0 radical (unpaired) electrons. The van der Waals surface area contributed by atoms with Crippen molar-refractivity contribution in [2.45, 2.75) is 38.5 Å². The lowest BCUT2D eigenvalue weighted by Gasteiger charge is -2.15. The third-order valence-corrected chi connectivity index (χ3v) is 8.85. The predicted octanol–water partition coefficient (Wildman–Crippen LogP) is 7.68. The van der Waals surface area contributed by atoms with E-state index in [2.05, 4.69) is 0 Å². The minimum atomic E-state index is -0.428. The lowest BCUT2D eigenvalue weighted by molar-refractivity contribution is 0.356. The Kier molecular flexibility index (Phi) is 10.6. The van der Waals surface area contributed by atoms with Crippen LogP contribution in [0.15, 0.2) is 97.1 Å². The fourth-order valence-electron chi connectivity index (χ4n) is 6.06. The molecule has 0 atom stereocenters. The van der Waals surface area contributed by atoms with Gasteiger partial charge in [-0.3, -0.25) is 0 Å². The summed E-state index contributed by atoms with van der Waals surface area (Å²) in [5, 5.41) is 104. The Labute approximate surface area is 309 Å². The molecule has 0 aromatic heterocycles. The van der Waals surface area contributed by atoms with Gasteiger partial charge >= 0.3 is 0 Å².